The normalized spacial score (nSPS) is 11.5. The minimum atomic E-state index is -3.54. The monoisotopic (exact) mass is 315 g/mol. The van der Waals surface area contributed by atoms with Crippen molar-refractivity contribution in [1.82, 2.24) is 0 Å². The lowest BCUT2D eigenvalue weighted by molar-refractivity contribution is 0.595. The van der Waals surface area contributed by atoms with Crippen molar-refractivity contribution in [2.24, 2.45) is 0 Å². The van der Waals surface area contributed by atoms with Crippen LogP contribution in [0.25, 0.3) is 0 Å². The third kappa shape index (κ3) is 3.41. The molecule has 0 saturated heterocycles. The second-order valence-electron chi connectivity index (χ2n) is 4.08. The van der Waals surface area contributed by atoms with Crippen molar-refractivity contribution in [2.75, 3.05) is 5.73 Å². The number of nitrogen functional groups attached to an aromatic ring is 1. The van der Waals surface area contributed by atoms with Gasteiger partial charge in [0, 0.05) is 10.7 Å². The zero-order valence-electron chi connectivity index (χ0n) is 9.81. The summed E-state index contributed by atoms with van der Waals surface area (Å²) in [5.41, 5.74) is 6.79. The fraction of sp³-hybridized carbons (Fsp3) is 0.0769. The molecule has 0 aromatic heterocycles. The first-order chi connectivity index (χ1) is 8.88. The summed E-state index contributed by atoms with van der Waals surface area (Å²) in [4.78, 5) is 0.0403. The molecule has 0 radical (unpaired) electrons. The summed E-state index contributed by atoms with van der Waals surface area (Å²) in [5, 5.41) is 0.500. The summed E-state index contributed by atoms with van der Waals surface area (Å²) in [7, 11) is -3.54. The van der Waals surface area contributed by atoms with Crippen molar-refractivity contribution in [2.45, 2.75) is 10.6 Å². The highest BCUT2D eigenvalue weighted by Crippen LogP contribution is 2.27. The number of benzene rings is 2. The molecule has 0 unspecified atom stereocenters. The van der Waals surface area contributed by atoms with Crippen LogP contribution in [0.5, 0.6) is 0 Å². The average Bonchev–Trinajstić information content (AvgIpc) is 2.35. The maximum atomic E-state index is 12.3. The predicted octanol–water partition coefficient (Wildman–Crippen LogP) is 3.55. The summed E-state index contributed by atoms with van der Waals surface area (Å²) < 4.78 is 24.6. The summed E-state index contributed by atoms with van der Waals surface area (Å²) in [6.07, 6.45) is 0. The Morgan fingerprint density at radius 3 is 2.26 bits per heavy atom. The lowest BCUT2D eigenvalue weighted by Gasteiger charge is -2.07. The Hall–Kier alpha value is -1.23. The van der Waals surface area contributed by atoms with Crippen LogP contribution in [0.3, 0.4) is 0 Å². The van der Waals surface area contributed by atoms with E-state index in [1.165, 1.54) is 12.1 Å². The molecule has 100 valence electrons. The van der Waals surface area contributed by atoms with Crippen LogP contribution in [0.1, 0.15) is 5.56 Å². The van der Waals surface area contributed by atoms with Crippen LogP contribution in [0.15, 0.2) is 47.4 Å². The Morgan fingerprint density at radius 2 is 1.63 bits per heavy atom. The van der Waals surface area contributed by atoms with E-state index in [4.69, 9.17) is 28.9 Å². The Bertz CT molecular complexity index is 697. The van der Waals surface area contributed by atoms with Gasteiger partial charge in [0.25, 0.3) is 0 Å². The van der Waals surface area contributed by atoms with Crippen LogP contribution in [-0.2, 0) is 15.6 Å². The number of halogens is 2. The van der Waals surface area contributed by atoms with Crippen molar-refractivity contribution in [3.8, 4) is 0 Å². The van der Waals surface area contributed by atoms with Crippen LogP contribution in [0.2, 0.25) is 10.0 Å². The standard InChI is InChI=1S/C13H11Cl2NO2S/c14-10-3-6-12(15)13(7-10)19(17,18)8-9-1-4-11(16)5-2-9/h1-7H,8,16H2. The second-order valence-corrected chi connectivity index (χ2v) is 6.88. The third-order valence-corrected chi connectivity index (χ3v) is 4.96. The van der Waals surface area contributed by atoms with Crippen molar-refractivity contribution in [3.05, 3.63) is 58.1 Å². The highest BCUT2D eigenvalue weighted by Gasteiger charge is 2.19. The number of rotatable bonds is 3. The Kier molecular flexibility index (Phi) is 4.04. The topological polar surface area (TPSA) is 60.2 Å². The van der Waals surface area contributed by atoms with Gasteiger partial charge in [0.2, 0.25) is 0 Å². The first kappa shape index (κ1) is 14.2. The predicted molar refractivity (Wildman–Crippen MR) is 78.2 cm³/mol. The third-order valence-electron chi connectivity index (χ3n) is 2.56. The van der Waals surface area contributed by atoms with Gasteiger partial charge in [-0.2, -0.15) is 0 Å². The van der Waals surface area contributed by atoms with Gasteiger partial charge in [0.05, 0.1) is 15.7 Å². The molecular weight excluding hydrogens is 305 g/mol. The van der Waals surface area contributed by atoms with Crippen LogP contribution in [-0.4, -0.2) is 8.42 Å². The van der Waals surface area contributed by atoms with Crippen LogP contribution in [0, 0.1) is 0 Å². The largest absolute Gasteiger partial charge is 0.399 e. The molecule has 0 saturated carbocycles. The number of anilines is 1. The molecule has 0 fully saturated rings. The fourth-order valence-electron chi connectivity index (χ4n) is 1.63. The molecule has 0 atom stereocenters. The zero-order chi connectivity index (χ0) is 14.0. The summed E-state index contributed by atoms with van der Waals surface area (Å²) >= 11 is 11.7. The van der Waals surface area contributed by atoms with Crippen LogP contribution in [0.4, 0.5) is 5.69 Å². The number of sulfone groups is 1. The Labute approximate surface area is 121 Å². The lowest BCUT2D eigenvalue weighted by Crippen LogP contribution is -2.06. The van der Waals surface area contributed by atoms with Gasteiger partial charge >= 0.3 is 0 Å². The minimum absolute atomic E-state index is 0.0403. The van der Waals surface area contributed by atoms with Gasteiger partial charge in [-0.05, 0) is 35.9 Å². The van der Waals surface area contributed by atoms with E-state index in [0.717, 1.165) is 0 Å². The van der Waals surface area contributed by atoms with Gasteiger partial charge in [-0.25, -0.2) is 8.42 Å². The van der Waals surface area contributed by atoms with Crippen molar-refractivity contribution < 1.29 is 8.42 Å². The quantitative estimate of drug-likeness (QED) is 0.881. The van der Waals surface area contributed by atoms with E-state index in [1.54, 1.807) is 30.3 Å². The van der Waals surface area contributed by atoms with Gasteiger partial charge in [-0.3, -0.25) is 0 Å². The molecule has 19 heavy (non-hydrogen) atoms. The van der Waals surface area contributed by atoms with E-state index in [0.29, 0.717) is 16.3 Å². The minimum Gasteiger partial charge on any atom is -0.399 e. The van der Waals surface area contributed by atoms with E-state index in [2.05, 4.69) is 0 Å². The zero-order valence-corrected chi connectivity index (χ0v) is 12.1. The van der Waals surface area contributed by atoms with E-state index in [9.17, 15) is 8.42 Å². The van der Waals surface area contributed by atoms with E-state index in [-0.39, 0.29) is 15.7 Å². The molecule has 6 heteroatoms. The number of nitrogens with two attached hydrogens (primary N) is 1. The SMILES string of the molecule is Nc1ccc(CS(=O)(=O)c2cc(Cl)ccc2Cl)cc1. The molecule has 0 heterocycles. The molecule has 0 aliphatic heterocycles. The average molecular weight is 316 g/mol. The molecule has 2 N–H and O–H groups in total. The fourth-order valence-corrected chi connectivity index (χ4v) is 3.79. The van der Waals surface area contributed by atoms with E-state index in [1.807, 2.05) is 0 Å². The summed E-state index contributed by atoms with van der Waals surface area (Å²) in [6.45, 7) is 0. The van der Waals surface area contributed by atoms with E-state index < -0.39 is 9.84 Å². The Balaban J connectivity index is 2.37. The molecule has 0 spiro atoms. The number of hydrogen-bond acceptors (Lipinski definition) is 3. The molecule has 0 aliphatic rings. The Morgan fingerprint density at radius 1 is 1.00 bits per heavy atom. The molecule has 2 aromatic rings. The van der Waals surface area contributed by atoms with Crippen molar-refractivity contribution in [1.29, 1.82) is 0 Å². The van der Waals surface area contributed by atoms with Crippen molar-refractivity contribution in [3.63, 3.8) is 0 Å². The smallest absolute Gasteiger partial charge is 0.184 e. The molecular formula is C13H11Cl2NO2S. The van der Waals surface area contributed by atoms with Crippen molar-refractivity contribution >= 4 is 38.7 Å². The summed E-state index contributed by atoms with van der Waals surface area (Å²) in [6, 6.07) is 11.0. The lowest BCUT2D eigenvalue weighted by atomic mass is 10.2. The van der Waals surface area contributed by atoms with Gasteiger partial charge < -0.3 is 5.73 Å². The second kappa shape index (κ2) is 5.41. The highest BCUT2D eigenvalue weighted by atomic mass is 35.5. The molecule has 0 bridgehead atoms. The maximum Gasteiger partial charge on any atom is 0.184 e. The molecule has 3 nitrogen and oxygen atoms in total. The van der Waals surface area contributed by atoms with Crippen LogP contribution >= 0.6 is 23.2 Å². The maximum absolute atomic E-state index is 12.3. The van der Waals surface area contributed by atoms with Gasteiger partial charge in [0.15, 0.2) is 9.84 Å². The first-order valence-corrected chi connectivity index (χ1v) is 7.81. The summed E-state index contributed by atoms with van der Waals surface area (Å²) in [5.74, 6) is -0.145. The molecule has 2 aromatic carbocycles. The molecule has 0 aliphatic carbocycles. The number of hydrogen-bond donors (Lipinski definition) is 1. The highest BCUT2D eigenvalue weighted by molar-refractivity contribution is 7.90. The van der Waals surface area contributed by atoms with Gasteiger partial charge in [-0.15, -0.1) is 0 Å². The van der Waals surface area contributed by atoms with Crippen LogP contribution < -0.4 is 5.73 Å². The van der Waals surface area contributed by atoms with E-state index >= 15 is 0 Å². The van der Waals surface area contributed by atoms with Gasteiger partial charge in [0.1, 0.15) is 0 Å². The molecule has 2 rings (SSSR count). The first-order valence-electron chi connectivity index (χ1n) is 5.41. The molecule has 0 amide bonds. The van der Waals surface area contributed by atoms with Gasteiger partial charge in [-0.1, -0.05) is 35.3 Å².